The fourth-order valence-corrected chi connectivity index (χ4v) is 3.76. The van der Waals surface area contributed by atoms with E-state index in [1.54, 1.807) is 22.1 Å². The van der Waals surface area contributed by atoms with E-state index in [2.05, 4.69) is 35.6 Å². The van der Waals surface area contributed by atoms with Gasteiger partial charge in [-0.1, -0.05) is 30.3 Å². The summed E-state index contributed by atoms with van der Waals surface area (Å²) in [7, 11) is 0. The van der Waals surface area contributed by atoms with E-state index in [0.717, 1.165) is 5.92 Å². The van der Waals surface area contributed by atoms with Crippen LogP contribution in [-0.4, -0.2) is 13.1 Å². The molecule has 1 saturated heterocycles. The van der Waals surface area contributed by atoms with Gasteiger partial charge in [-0.2, -0.15) is 0 Å². The van der Waals surface area contributed by atoms with Crippen LogP contribution in [0.1, 0.15) is 35.4 Å². The zero-order valence-electron chi connectivity index (χ0n) is 10.7. The average molecular weight is 237 g/mol. The highest BCUT2D eigenvalue weighted by Gasteiger charge is 2.21. The third-order valence-corrected chi connectivity index (χ3v) is 4.69. The average Bonchev–Trinajstić information content (AvgIpc) is 2.86. The number of benzene rings is 2. The van der Waals surface area contributed by atoms with Crippen LogP contribution in [0.3, 0.4) is 0 Å². The quantitative estimate of drug-likeness (QED) is 0.801. The minimum atomic E-state index is 0.760. The molecule has 1 N–H and O–H groups in total. The molecule has 2 aromatic carbocycles. The van der Waals surface area contributed by atoms with Gasteiger partial charge in [-0.25, -0.2) is 0 Å². The Hall–Kier alpha value is -1.34. The van der Waals surface area contributed by atoms with Crippen molar-refractivity contribution < 1.29 is 0 Å². The Balaban J connectivity index is 1.91. The maximum atomic E-state index is 3.47. The fourth-order valence-electron chi connectivity index (χ4n) is 3.76. The molecule has 0 saturated carbocycles. The molecular formula is C17H19N. The maximum Gasteiger partial charge on any atom is -0.00431 e. The first-order valence-corrected chi connectivity index (χ1v) is 7.17. The number of aryl methyl sites for hydroxylation is 2. The summed E-state index contributed by atoms with van der Waals surface area (Å²) < 4.78 is 0. The van der Waals surface area contributed by atoms with Crippen LogP contribution in [0.15, 0.2) is 30.3 Å². The Kier molecular flexibility index (Phi) is 2.41. The van der Waals surface area contributed by atoms with Crippen molar-refractivity contribution >= 4 is 10.8 Å². The summed E-state index contributed by atoms with van der Waals surface area (Å²) in [6, 6.07) is 11.7. The molecule has 1 nitrogen and oxygen atoms in total. The molecule has 92 valence electrons. The van der Waals surface area contributed by atoms with Gasteiger partial charge in [0.1, 0.15) is 0 Å². The molecule has 18 heavy (non-hydrogen) atoms. The summed E-state index contributed by atoms with van der Waals surface area (Å²) in [5, 5.41) is 6.58. The lowest BCUT2D eigenvalue weighted by Crippen LogP contribution is -2.26. The molecule has 0 aromatic heterocycles. The Morgan fingerprint density at radius 1 is 0.889 bits per heavy atom. The molecule has 2 aromatic rings. The lowest BCUT2D eigenvalue weighted by molar-refractivity contribution is 0.462. The first-order chi connectivity index (χ1) is 8.93. The molecule has 1 heteroatoms. The minimum Gasteiger partial charge on any atom is -0.317 e. The van der Waals surface area contributed by atoms with E-state index in [-0.39, 0.29) is 0 Å². The molecule has 0 bridgehead atoms. The second kappa shape index (κ2) is 4.10. The highest BCUT2D eigenvalue weighted by Crippen LogP contribution is 2.37. The Morgan fingerprint density at radius 2 is 1.67 bits per heavy atom. The monoisotopic (exact) mass is 237 g/mol. The van der Waals surface area contributed by atoms with Gasteiger partial charge >= 0.3 is 0 Å². The second-order valence-corrected chi connectivity index (χ2v) is 5.68. The molecule has 2 aliphatic rings. The van der Waals surface area contributed by atoms with Crippen molar-refractivity contribution in [3.63, 3.8) is 0 Å². The maximum absolute atomic E-state index is 3.47. The highest BCUT2D eigenvalue weighted by atomic mass is 14.9. The van der Waals surface area contributed by atoms with Crippen molar-refractivity contribution in [2.24, 2.45) is 0 Å². The lowest BCUT2D eigenvalue weighted by Gasteiger charge is -2.24. The normalized spacial score (nSPS) is 19.6. The van der Waals surface area contributed by atoms with E-state index < -0.39 is 0 Å². The van der Waals surface area contributed by atoms with E-state index in [1.807, 2.05) is 0 Å². The first-order valence-electron chi connectivity index (χ1n) is 7.17. The predicted octanol–water partition coefficient (Wildman–Crippen LogP) is 3.41. The van der Waals surface area contributed by atoms with E-state index >= 15 is 0 Å². The molecule has 4 rings (SSSR count). The molecule has 0 atom stereocenters. The molecule has 1 fully saturated rings. The molecule has 1 aliphatic carbocycles. The zero-order valence-corrected chi connectivity index (χ0v) is 10.7. The number of hydrogen-bond acceptors (Lipinski definition) is 1. The van der Waals surface area contributed by atoms with Crippen molar-refractivity contribution in [1.29, 1.82) is 0 Å². The molecule has 0 radical (unpaired) electrons. The van der Waals surface area contributed by atoms with Crippen LogP contribution in [-0.2, 0) is 12.8 Å². The van der Waals surface area contributed by atoms with Crippen molar-refractivity contribution in [1.82, 2.24) is 5.32 Å². The topological polar surface area (TPSA) is 12.0 Å². The summed E-state index contributed by atoms with van der Waals surface area (Å²) in [5.74, 6) is 0.760. The van der Waals surface area contributed by atoms with Crippen molar-refractivity contribution in [3.05, 3.63) is 47.0 Å². The smallest absolute Gasteiger partial charge is 0.00431 e. The molecule has 1 aliphatic heterocycles. The highest BCUT2D eigenvalue weighted by molar-refractivity contribution is 5.93. The Labute approximate surface area is 108 Å². The van der Waals surface area contributed by atoms with Gasteiger partial charge < -0.3 is 5.32 Å². The lowest BCUT2D eigenvalue weighted by atomic mass is 9.86. The van der Waals surface area contributed by atoms with Crippen molar-refractivity contribution in [2.45, 2.75) is 31.6 Å². The minimum absolute atomic E-state index is 0.760. The van der Waals surface area contributed by atoms with Crippen LogP contribution in [0.4, 0.5) is 0 Å². The van der Waals surface area contributed by atoms with Gasteiger partial charge in [0, 0.05) is 0 Å². The van der Waals surface area contributed by atoms with Crippen LogP contribution in [0.5, 0.6) is 0 Å². The van der Waals surface area contributed by atoms with Gasteiger partial charge in [-0.05, 0) is 72.2 Å². The zero-order chi connectivity index (χ0) is 11.9. The van der Waals surface area contributed by atoms with Gasteiger partial charge in [-0.3, -0.25) is 0 Å². The Morgan fingerprint density at radius 3 is 2.50 bits per heavy atom. The van der Waals surface area contributed by atoms with E-state index in [1.165, 1.54) is 44.2 Å². The first kappa shape index (κ1) is 10.6. The Bertz CT molecular complexity index is 584. The summed E-state index contributed by atoms with van der Waals surface area (Å²) in [4.78, 5) is 0. The van der Waals surface area contributed by atoms with Gasteiger partial charge in [0.05, 0.1) is 0 Å². The molecule has 0 spiro atoms. The summed E-state index contributed by atoms with van der Waals surface area (Å²) >= 11 is 0. The van der Waals surface area contributed by atoms with Gasteiger partial charge in [0.15, 0.2) is 0 Å². The number of piperidine rings is 1. The van der Waals surface area contributed by atoms with E-state index in [4.69, 9.17) is 0 Å². The van der Waals surface area contributed by atoms with Crippen LogP contribution < -0.4 is 5.32 Å². The van der Waals surface area contributed by atoms with Crippen molar-refractivity contribution in [2.75, 3.05) is 13.1 Å². The van der Waals surface area contributed by atoms with Crippen LogP contribution in [0.2, 0.25) is 0 Å². The third-order valence-electron chi connectivity index (χ3n) is 4.69. The summed E-state index contributed by atoms with van der Waals surface area (Å²) in [5.41, 5.74) is 4.73. The van der Waals surface area contributed by atoms with Crippen LogP contribution in [0, 0.1) is 0 Å². The predicted molar refractivity (Wildman–Crippen MR) is 76.2 cm³/mol. The van der Waals surface area contributed by atoms with Crippen molar-refractivity contribution in [3.8, 4) is 0 Å². The standard InChI is InChI=1S/C17H19N/c1-2-13-4-5-14-6-7-15(16(3-1)17(13)14)12-8-10-18-11-9-12/h1-3,6-7,12,18H,4-5,8-11H2. The molecule has 1 heterocycles. The SMILES string of the molecule is c1cc2c3c(ccc(C4CCNCC4)c3c1)CC2. The number of rotatable bonds is 1. The van der Waals surface area contributed by atoms with Gasteiger partial charge in [0.2, 0.25) is 0 Å². The van der Waals surface area contributed by atoms with Gasteiger partial charge in [0.25, 0.3) is 0 Å². The number of hydrogen-bond donors (Lipinski definition) is 1. The van der Waals surface area contributed by atoms with Crippen LogP contribution >= 0.6 is 0 Å². The third kappa shape index (κ3) is 1.50. The second-order valence-electron chi connectivity index (χ2n) is 5.68. The van der Waals surface area contributed by atoms with Crippen LogP contribution in [0.25, 0.3) is 10.8 Å². The largest absolute Gasteiger partial charge is 0.317 e. The molecule has 0 unspecified atom stereocenters. The molecular weight excluding hydrogens is 218 g/mol. The fraction of sp³-hybridized carbons (Fsp3) is 0.412. The summed E-state index contributed by atoms with van der Waals surface area (Å²) in [6.07, 6.45) is 5.06. The van der Waals surface area contributed by atoms with E-state index in [9.17, 15) is 0 Å². The number of nitrogens with one attached hydrogen (secondary N) is 1. The van der Waals surface area contributed by atoms with E-state index in [0.29, 0.717) is 0 Å². The van der Waals surface area contributed by atoms with Gasteiger partial charge in [-0.15, -0.1) is 0 Å². The molecule has 0 amide bonds. The summed E-state index contributed by atoms with van der Waals surface area (Å²) in [6.45, 7) is 2.35.